The van der Waals surface area contributed by atoms with E-state index in [1.165, 1.54) is 0 Å². The first kappa shape index (κ1) is 8.04. The molecule has 0 aliphatic rings. The number of nitrogens with one attached hydrogen (secondary N) is 2. The third-order valence-corrected chi connectivity index (χ3v) is 0.706. The minimum atomic E-state index is 0.458. The first-order chi connectivity index (χ1) is 4.31. The number of hydrogen-bond acceptors (Lipinski definition) is 3. The van der Waals surface area contributed by atoms with Gasteiger partial charge < -0.3 is 15.4 Å². The molecule has 0 spiro atoms. The normalized spacial score (nSPS) is 8.11. The van der Waals surface area contributed by atoms with Crippen molar-refractivity contribution in [1.29, 1.82) is 0 Å². The second kappa shape index (κ2) is 5.18. The Hall–Kier alpha value is -0.960. The summed E-state index contributed by atoms with van der Waals surface area (Å²) < 4.78 is 4.71. The fourth-order valence-corrected chi connectivity index (χ4v) is 0.334. The van der Waals surface area contributed by atoms with Crippen LogP contribution in [0.15, 0.2) is 25.2 Å². The van der Waals surface area contributed by atoms with Gasteiger partial charge in [0.2, 0.25) is 0 Å². The lowest BCUT2D eigenvalue weighted by molar-refractivity contribution is 0.183. The van der Waals surface area contributed by atoms with Crippen LogP contribution in [0.5, 0.6) is 0 Å². The summed E-state index contributed by atoms with van der Waals surface area (Å²) in [5, 5.41) is 5.59. The van der Waals surface area contributed by atoms with Crippen LogP contribution in [-0.4, -0.2) is 13.8 Å². The van der Waals surface area contributed by atoms with Gasteiger partial charge in [0.1, 0.15) is 6.73 Å². The van der Waals surface area contributed by atoms with Gasteiger partial charge in [-0.1, -0.05) is 13.2 Å². The van der Waals surface area contributed by atoms with Crippen LogP contribution in [0, 0.1) is 0 Å². The number of methoxy groups -OCH3 is 1. The molecular weight excluding hydrogens is 116 g/mol. The van der Waals surface area contributed by atoms with Gasteiger partial charge in [0, 0.05) is 7.11 Å². The molecule has 0 rings (SSSR count). The van der Waals surface area contributed by atoms with Crippen molar-refractivity contribution >= 4 is 0 Å². The number of hydrogen-bond donors (Lipinski definition) is 2. The van der Waals surface area contributed by atoms with Crippen LogP contribution in [0.2, 0.25) is 0 Å². The average molecular weight is 128 g/mol. The molecule has 2 N–H and O–H groups in total. The molecule has 3 nitrogen and oxygen atoms in total. The van der Waals surface area contributed by atoms with Crippen LogP contribution in [-0.2, 0) is 4.74 Å². The SMILES string of the molecule is C=CNC(=C)NCOC. The van der Waals surface area contributed by atoms with Crippen molar-refractivity contribution in [2.75, 3.05) is 13.8 Å². The first-order valence-corrected chi connectivity index (χ1v) is 2.60. The molecule has 0 fully saturated rings. The predicted octanol–water partition coefficient (Wildman–Crippen LogP) is 0.384. The number of rotatable bonds is 5. The van der Waals surface area contributed by atoms with Crippen molar-refractivity contribution in [3.63, 3.8) is 0 Å². The fraction of sp³-hybridized carbons (Fsp3) is 0.333. The molecule has 52 valence electrons. The zero-order valence-corrected chi connectivity index (χ0v) is 5.61. The van der Waals surface area contributed by atoms with E-state index >= 15 is 0 Å². The molecule has 0 saturated carbocycles. The van der Waals surface area contributed by atoms with Crippen LogP contribution in [0.3, 0.4) is 0 Å². The van der Waals surface area contributed by atoms with Gasteiger partial charge in [-0.05, 0) is 6.20 Å². The van der Waals surface area contributed by atoms with Gasteiger partial charge in [-0.3, -0.25) is 0 Å². The Morgan fingerprint density at radius 1 is 1.78 bits per heavy atom. The molecule has 0 atom stereocenters. The maximum Gasteiger partial charge on any atom is 0.117 e. The highest BCUT2D eigenvalue weighted by Crippen LogP contribution is 1.73. The van der Waals surface area contributed by atoms with Gasteiger partial charge in [-0.15, -0.1) is 0 Å². The molecule has 0 heterocycles. The standard InChI is InChI=1S/C6H12N2O/c1-4-7-6(2)8-5-9-3/h4,7-8H,1-2,5H2,3H3. The zero-order chi connectivity index (χ0) is 7.11. The maximum absolute atomic E-state index is 4.71. The quantitative estimate of drug-likeness (QED) is 0.525. The monoisotopic (exact) mass is 128 g/mol. The van der Waals surface area contributed by atoms with Crippen molar-refractivity contribution in [3.8, 4) is 0 Å². The Kier molecular flexibility index (Phi) is 4.63. The lowest BCUT2D eigenvalue weighted by atomic mass is 10.7. The largest absolute Gasteiger partial charge is 0.365 e. The van der Waals surface area contributed by atoms with E-state index in [9.17, 15) is 0 Å². The number of ether oxygens (including phenoxy) is 1. The van der Waals surface area contributed by atoms with Gasteiger partial charge in [0.25, 0.3) is 0 Å². The molecule has 0 aliphatic carbocycles. The Bertz CT molecular complexity index is 101. The topological polar surface area (TPSA) is 33.3 Å². The molecular formula is C6H12N2O. The van der Waals surface area contributed by atoms with Crippen molar-refractivity contribution in [1.82, 2.24) is 10.6 Å². The zero-order valence-electron chi connectivity index (χ0n) is 5.61. The van der Waals surface area contributed by atoms with Gasteiger partial charge in [0.05, 0.1) is 5.82 Å². The molecule has 0 bridgehead atoms. The summed E-state index contributed by atoms with van der Waals surface area (Å²) >= 11 is 0. The molecule has 9 heavy (non-hydrogen) atoms. The molecule has 0 aromatic carbocycles. The lowest BCUT2D eigenvalue weighted by Gasteiger charge is -2.06. The van der Waals surface area contributed by atoms with Crippen LogP contribution < -0.4 is 10.6 Å². The van der Waals surface area contributed by atoms with Crippen molar-refractivity contribution in [2.45, 2.75) is 0 Å². The molecule has 0 aromatic heterocycles. The third-order valence-electron chi connectivity index (χ3n) is 0.706. The summed E-state index contributed by atoms with van der Waals surface area (Å²) in [4.78, 5) is 0. The predicted molar refractivity (Wildman–Crippen MR) is 37.5 cm³/mol. The molecule has 0 radical (unpaired) electrons. The van der Waals surface area contributed by atoms with E-state index in [-0.39, 0.29) is 0 Å². The van der Waals surface area contributed by atoms with Gasteiger partial charge in [0.15, 0.2) is 0 Å². The Morgan fingerprint density at radius 2 is 2.44 bits per heavy atom. The van der Waals surface area contributed by atoms with Crippen molar-refractivity contribution in [2.24, 2.45) is 0 Å². The van der Waals surface area contributed by atoms with Crippen LogP contribution in [0.25, 0.3) is 0 Å². The summed E-state index contributed by atoms with van der Waals surface area (Å²) in [6, 6.07) is 0. The summed E-state index contributed by atoms with van der Waals surface area (Å²) in [5.41, 5.74) is 0. The summed E-state index contributed by atoms with van der Waals surface area (Å²) in [6.45, 7) is 7.52. The molecule has 0 aromatic rings. The average Bonchev–Trinajstić information content (AvgIpc) is 1.85. The van der Waals surface area contributed by atoms with E-state index in [4.69, 9.17) is 4.74 Å². The van der Waals surface area contributed by atoms with E-state index in [1.807, 2.05) is 0 Å². The van der Waals surface area contributed by atoms with E-state index in [0.29, 0.717) is 12.6 Å². The Balaban J connectivity index is 3.16. The van der Waals surface area contributed by atoms with Crippen molar-refractivity contribution in [3.05, 3.63) is 25.2 Å². The third kappa shape index (κ3) is 4.90. The van der Waals surface area contributed by atoms with E-state index in [1.54, 1.807) is 13.3 Å². The molecule has 0 unspecified atom stereocenters. The summed E-state index contributed by atoms with van der Waals surface area (Å²) in [7, 11) is 1.61. The van der Waals surface area contributed by atoms with Crippen LogP contribution in [0.4, 0.5) is 0 Å². The smallest absolute Gasteiger partial charge is 0.117 e. The van der Waals surface area contributed by atoms with Gasteiger partial charge in [-0.2, -0.15) is 0 Å². The Morgan fingerprint density at radius 3 is 2.89 bits per heavy atom. The minimum absolute atomic E-state index is 0.458. The molecule has 0 amide bonds. The highest BCUT2D eigenvalue weighted by atomic mass is 16.5. The van der Waals surface area contributed by atoms with E-state index in [2.05, 4.69) is 23.8 Å². The lowest BCUT2D eigenvalue weighted by Crippen LogP contribution is -2.23. The van der Waals surface area contributed by atoms with E-state index in [0.717, 1.165) is 0 Å². The minimum Gasteiger partial charge on any atom is -0.365 e. The van der Waals surface area contributed by atoms with Crippen molar-refractivity contribution < 1.29 is 4.74 Å². The highest BCUT2D eigenvalue weighted by molar-refractivity contribution is 4.90. The van der Waals surface area contributed by atoms with Gasteiger partial charge in [-0.25, -0.2) is 0 Å². The maximum atomic E-state index is 4.71. The fourth-order valence-electron chi connectivity index (χ4n) is 0.334. The van der Waals surface area contributed by atoms with Gasteiger partial charge >= 0.3 is 0 Å². The van der Waals surface area contributed by atoms with Crippen LogP contribution >= 0.6 is 0 Å². The van der Waals surface area contributed by atoms with E-state index < -0.39 is 0 Å². The first-order valence-electron chi connectivity index (χ1n) is 2.60. The second-order valence-electron chi connectivity index (χ2n) is 1.44. The Labute approximate surface area is 55.4 Å². The highest BCUT2D eigenvalue weighted by Gasteiger charge is 1.82. The van der Waals surface area contributed by atoms with Crippen LogP contribution in [0.1, 0.15) is 0 Å². The molecule has 3 heteroatoms. The molecule has 0 aliphatic heterocycles. The summed E-state index contributed by atoms with van der Waals surface area (Å²) in [6.07, 6.45) is 1.55. The second-order valence-corrected chi connectivity index (χ2v) is 1.44. The summed E-state index contributed by atoms with van der Waals surface area (Å²) in [5.74, 6) is 0.687. The molecule has 0 saturated heterocycles.